The fourth-order valence-electron chi connectivity index (χ4n) is 4.00. The molecular formula is C22H32F2N6O2S2. The van der Waals surface area contributed by atoms with E-state index in [2.05, 4.69) is 25.1 Å². The largest absolute Gasteiger partial charge is 0.390 e. The molecule has 34 heavy (non-hydrogen) atoms. The third kappa shape index (κ3) is 5.55. The number of aliphatic hydroxyl groups is 1. The number of hydrogen-bond donors (Lipinski definition) is 3. The molecule has 2 aliphatic rings. The first-order valence-electron chi connectivity index (χ1n) is 11.4. The number of rotatable bonds is 8. The van der Waals surface area contributed by atoms with Crippen LogP contribution in [0.15, 0.2) is 28.5 Å². The second-order valence-corrected chi connectivity index (χ2v) is 12.2. The van der Waals surface area contributed by atoms with Gasteiger partial charge in [-0.05, 0) is 52.5 Å². The Morgan fingerprint density at radius 3 is 2.56 bits per heavy atom. The molecule has 2 fully saturated rings. The zero-order chi connectivity index (χ0) is 24.7. The molecule has 2 atom stereocenters. The smallest absolute Gasteiger partial charge is 0.288 e. The zero-order valence-electron chi connectivity index (χ0n) is 19.8. The van der Waals surface area contributed by atoms with Gasteiger partial charge in [0.05, 0.1) is 33.1 Å². The van der Waals surface area contributed by atoms with E-state index >= 15 is 0 Å². The number of anilines is 1. The summed E-state index contributed by atoms with van der Waals surface area (Å²) in [6.07, 6.45) is 4.00. The number of nitrogens with zero attached hydrogens (tertiary/aromatic N) is 4. The molecule has 0 aromatic carbocycles. The summed E-state index contributed by atoms with van der Waals surface area (Å²) in [7, 11) is 0.0436. The number of hydrogen-bond acceptors (Lipinski definition) is 7. The molecule has 188 valence electrons. The van der Waals surface area contributed by atoms with Gasteiger partial charge in [-0.2, -0.15) is 5.10 Å². The highest BCUT2D eigenvalue weighted by Gasteiger charge is 2.39. The lowest BCUT2D eigenvalue weighted by Gasteiger charge is -2.37. The van der Waals surface area contributed by atoms with Crippen molar-refractivity contribution in [3.8, 4) is 0 Å². The number of alkyl halides is 2. The van der Waals surface area contributed by atoms with Crippen LogP contribution in [0.2, 0.25) is 0 Å². The Balaban J connectivity index is 1.73. The van der Waals surface area contributed by atoms with Crippen LogP contribution >= 0.6 is 11.8 Å². The lowest BCUT2D eigenvalue weighted by molar-refractivity contribution is 0.0351. The van der Waals surface area contributed by atoms with Crippen molar-refractivity contribution in [1.29, 1.82) is 0 Å². The van der Waals surface area contributed by atoms with Crippen LogP contribution < -0.4 is 15.0 Å². The third-order valence-corrected chi connectivity index (χ3v) is 8.83. The fraction of sp³-hybridized carbons (Fsp3) is 0.636. The number of aromatic nitrogens is 2. The molecule has 1 aliphatic carbocycles. The van der Waals surface area contributed by atoms with Crippen LogP contribution in [0.4, 0.5) is 14.5 Å². The Hall–Kier alpha value is -1.76. The van der Waals surface area contributed by atoms with Gasteiger partial charge in [0, 0.05) is 31.9 Å². The Labute approximate surface area is 205 Å². The molecule has 2 aromatic heterocycles. The molecular weight excluding hydrogens is 482 g/mol. The molecule has 4 rings (SSSR count). The van der Waals surface area contributed by atoms with Crippen LogP contribution in [0, 0.1) is 0 Å². The minimum atomic E-state index is -2.70. The van der Waals surface area contributed by atoms with E-state index in [0.717, 1.165) is 35.8 Å². The van der Waals surface area contributed by atoms with Crippen LogP contribution in [0.1, 0.15) is 57.5 Å². The second kappa shape index (κ2) is 9.71. The average Bonchev–Trinajstić information content (AvgIpc) is 3.33. The SMILES string of the molecule is CN/N=C(\SC(C)c1ncc2c(N3CCC(C)(O)CC3)cc(S(=O)NC3(C)CC3)cn12)C(F)F. The number of thioether (sulfide) groups is 1. The molecule has 1 aliphatic heterocycles. The normalized spacial score (nSPS) is 21.6. The predicted octanol–water partition coefficient (Wildman–Crippen LogP) is 3.44. The summed E-state index contributed by atoms with van der Waals surface area (Å²) in [4.78, 5) is 7.33. The Kier molecular flexibility index (Phi) is 7.24. The summed E-state index contributed by atoms with van der Waals surface area (Å²) in [5, 5.41) is 13.4. The molecule has 12 heteroatoms. The van der Waals surface area contributed by atoms with Crippen molar-refractivity contribution in [2.45, 2.75) is 74.2 Å². The van der Waals surface area contributed by atoms with Crippen LogP contribution in [-0.4, -0.2) is 61.4 Å². The number of fused-ring (bicyclic) bond motifs is 1. The van der Waals surface area contributed by atoms with E-state index in [1.807, 2.05) is 24.3 Å². The number of hydrazone groups is 1. The summed E-state index contributed by atoms with van der Waals surface area (Å²) < 4.78 is 45.1. The van der Waals surface area contributed by atoms with Crippen LogP contribution in [0.25, 0.3) is 5.52 Å². The van der Waals surface area contributed by atoms with Gasteiger partial charge in [0.2, 0.25) is 0 Å². The van der Waals surface area contributed by atoms with Crippen LogP contribution in [0.3, 0.4) is 0 Å². The van der Waals surface area contributed by atoms with Crippen molar-refractivity contribution in [3.05, 3.63) is 24.3 Å². The summed E-state index contributed by atoms with van der Waals surface area (Å²) in [5.74, 6) is 0.575. The van der Waals surface area contributed by atoms with Gasteiger partial charge in [0.15, 0.2) is 5.04 Å². The molecule has 8 nitrogen and oxygen atoms in total. The number of piperidine rings is 1. The van der Waals surface area contributed by atoms with E-state index in [0.29, 0.717) is 36.7 Å². The van der Waals surface area contributed by atoms with Crippen molar-refractivity contribution in [2.75, 3.05) is 25.0 Å². The summed E-state index contributed by atoms with van der Waals surface area (Å²) in [5.41, 5.74) is 3.29. The first kappa shape index (κ1) is 25.3. The van der Waals surface area contributed by atoms with Crippen LogP contribution in [0.5, 0.6) is 0 Å². The molecule has 3 N–H and O–H groups in total. The molecule has 2 aromatic rings. The molecule has 0 spiro atoms. The maximum Gasteiger partial charge on any atom is 0.288 e. The highest BCUT2D eigenvalue weighted by molar-refractivity contribution is 8.14. The molecule has 2 unspecified atom stereocenters. The van der Waals surface area contributed by atoms with Gasteiger partial charge in [0.1, 0.15) is 16.8 Å². The first-order chi connectivity index (χ1) is 16.0. The van der Waals surface area contributed by atoms with Gasteiger partial charge in [0.25, 0.3) is 6.43 Å². The van der Waals surface area contributed by atoms with Gasteiger partial charge < -0.3 is 15.4 Å². The monoisotopic (exact) mass is 514 g/mol. The Bertz CT molecular complexity index is 1090. The molecule has 1 saturated heterocycles. The zero-order valence-corrected chi connectivity index (χ0v) is 21.5. The van der Waals surface area contributed by atoms with Crippen molar-refractivity contribution in [3.63, 3.8) is 0 Å². The first-order valence-corrected chi connectivity index (χ1v) is 13.4. The van der Waals surface area contributed by atoms with Gasteiger partial charge in [-0.15, -0.1) is 0 Å². The minimum absolute atomic E-state index is 0.125. The highest BCUT2D eigenvalue weighted by atomic mass is 32.2. The van der Waals surface area contributed by atoms with Gasteiger partial charge >= 0.3 is 0 Å². The Morgan fingerprint density at radius 1 is 1.29 bits per heavy atom. The standard InChI is InChI=1S/C22H32F2N6O2S2/c1-14(33-20(18(23)24)27-25-4)19-26-12-17-16(29-9-7-22(3,31)8-10-29)11-15(13-30(17)19)34(32)28-21(2)5-6-21/h11-14,18,25,28,31H,5-10H2,1-4H3/b27-20-. The van der Waals surface area contributed by atoms with E-state index in [4.69, 9.17) is 0 Å². The van der Waals surface area contributed by atoms with E-state index in [9.17, 15) is 18.1 Å². The van der Waals surface area contributed by atoms with Crippen molar-refractivity contribution in [1.82, 2.24) is 19.5 Å². The van der Waals surface area contributed by atoms with Gasteiger partial charge in [-0.3, -0.25) is 4.40 Å². The molecule has 1 saturated carbocycles. The molecule has 0 radical (unpaired) electrons. The number of imidazole rings is 1. The van der Waals surface area contributed by atoms with Gasteiger partial charge in [-0.25, -0.2) is 22.7 Å². The maximum absolute atomic E-state index is 13.4. The van der Waals surface area contributed by atoms with E-state index in [1.165, 1.54) is 7.05 Å². The van der Waals surface area contributed by atoms with E-state index in [1.54, 1.807) is 19.3 Å². The van der Waals surface area contributed by atoms with Crippen molar-refractivity contribution >= 4 is 39.0 Å². The lowest BCUT2D eigenvalue weighted by Crippen LogP contribution is -2.42. The number of halogens is 2. The Morgan fingerprint density at radius 2 is 1.97 bits per heavy atom. The molecule has 0 amide bonds. The molecule has 0 bridgehead atoms. The minimum Gasteiger partial charge on any atom is -0.390 e. The second-order valence-electron chi connectivity index (χ2n) is 9.58. The van der Waals surface area contributed by atoms with Crippen molar-refractivity contribution < 1.29 is 18.1 Å². The lowest BCUT2D eigenvalue weighted by atomic mass is 9.93. The summed E-state index contributed by atoms with van der Waals surface area (Å²) in [6, 6.07) is 1.92. The third-order valence-electron chi connectivity index (χ3n) is 6.43. The van der Waals surface area contributed by atoms with E-state index in [-0.39, 0.29) is 10.6 Å². The topological polar surface area (TPSA) is 94.3 Å². The quantitative estimate of drug-likeness (QED) is 0.284. The summed E-state index contributed by atoms with van der Waals surface area (Å²) in [6.45, 7) is 7.00. The number of pyridine rings is 1. The van der Waals surface area contributed by atoms with E-state index < -0.39 is 28.3 Å². The fourth-order valence-corrected chi connectivity index (χ4v) is 6.08. The van der Waals surface area contributed by atoms with Crippen LogP contribution in [-0.2, 0) is 11.0 Å². The number of nitrogens with one attached hydrogen (secondary N) is 2. The summed E-state index contributed by atoms with van der Waals surface area (Å²) >= 11 is 0.941. The van der Waals surface area contributed by atoms with Gasteiger partial charge in [-0.1, -0.05) is 11.8 Å². The maximum atomic E-state index is 13.4. The average molecular weight is 515 g/mol. The molecule has 3 heterocycles. The predicted molar refractivity (Wildman–Crippen MR) is 133 cm³/mol. The van der Waals surface area contributed by atoms with Crippen molar-refractivity contribution in [2.24, 2.45) is 5.10 Å². The highest BCUT2D eigenvalue weighted by Crippen LogP contribution is 2.38.